The third-order valence-corrected chi connectivity index (χ3v) is 5.59. The summed E-state index contributed by atoms with van der Waals surface area (Å²) in [6.07, 6.45) is 4.68. The number of imide groups is 1. The Kier molecular flexibility index (Phi) is 8.74. The fourth-order valence-corrected chi connectivity index (χ4v) is 4.22. The van der Waals surface area contributed by atoms with Crippen LogP contribution in [0.2, 0.25) is 0 Å². The number of rotatable bonds is 6. The van der Waals surface area contributed by atoms with Crippen LogP contribution in [0.15, 0.2) is 0 Å². The number of unbranched alkanes of at least 4 members (excludes halogenated alkanes) is 1. The molecule has 8 nitrogen and oxygen atoms in total. The minimum Gasteiger partial charge on any atom is -0.444 e. The van der Waals surface area contributed by atoms with Crippen molar-refractivity contribution in [2.24, 2.45) is 17.8 Å². The van der Waals surface area contributed by atoms with Gasteiger partial charge in [-0.2, -0.15) is 0 Å². The molecule has 166 valence electrons. The summed E-state index contributed by atoms with van der Waals surface area (Å²) < 4.78 is 11.1. The largest absolute Gasteiger partial charge is 0.444 e. The van der Waals surface area contributed by atoms with E-state index in [-0.39, 0.29) is 29.7 Å². The monoisotopic (exact) mass is 411 g/mol. The van der Waals surface area contributed by atoms with Crippen LogP contribution in [-0.2, 0) is 14.3 Å². The van der Waals surface area contributed by atoms with Crippen LogP contribution in [0.1, 0.15) is 66.2 Å². The molecule has 29 heavy (non-hydrogen) atoms. The average molecular weight is 412 g/mol. The number of nitrogens with one attached hydrogen (secondary N) is 3. The zero-order chi connectivity index (χ0) is 21.4. The van der Waals surface area contributed by atoms with E-state index < -0.39 is 17.7 Å². The molecule has 1 saturated carbocycles. The molecule has 0 radical (unpaired) electrons. The third kappa shape index (κ3) is 7.84. The second-order valence-electron chi connectivity index (χ2n) is 9.15. The van der Waals surface area contributed by atoms with E-state index in [4.69, 9.17) is 9.47 Å². The van der Waals surface area contributed by atoms with Gasteiger partial charge in [0.15, 0.2) is 0 Å². The van der Waals surface area contributed by atoms with Crippen LogP contribution in [0, 0.1) is 17.8 Å². The van der Waals surface area contributed by atoms with Crippen molar-refractivity contribution in [2.45, 2.75) is 77.9 Å². The van der Waals surface area contributed by atoms with E-state index in [0.29, 0.717) is 19.8 Å². The van der Waals surface area contributed by atoms with Gasteiger partial charge in [0.2, 0.25) is 5.91 Å². The first-order valence-electron chi connectivity index (χ1n) is 10.9. The Morgan fingerprint density at radius 1 is 1.21 bits per heavy atom. The Morgan fingerprint density at radius 2 is 1.97 bits per heavy atom. The maximum absolute atomic E-state index is 12.7. The third-order valence-electron chi connectivity index (χ3n) is 5.59. The molecule has 2 fully saturated rings. The molecular weight excluding hydrogens is 374 g/mol. The molecular formula is C21H37N3O5. The van der Waals surface area contributed by atoms with Crippen LogP contribution in [0.5, 0.6) is 0 Å². The van der Waals surface area contributed by atoms with Crippen LogP contribution in [0.4, 0.5) is 9.59 Å². The van der Waals surface area contributed by atoms with E-state index in [1.165, 1.54) is 0 Å². The standard InChI is InChI=1S/C21H37N3O5/c1-5-6-11-28-13-17-16-8-7-15(23-20(27)29-21(2,3)4)12-14(16)9-10-22-19(26)24-18(17)25/h14-17H,5-13H2,1-4H3,(H,23,27)(H2,22,24,25,26)/t14-,15?,16-,17+/m1/s1. The molecule has 3 N–H and O–H groups in total. The molecule has 1 saturated heterocycles. The Balaban J connectivity index is 2.04. The topological polar surface area (TPSA) is 106 Å². The van der Waals surface area contributed by atoms with Crippen molar-refractivity contribution >= 4 is 18.0 Å². The molecule has 8 heteroatoms. The fourth-order valence-electron chi connectivity index (χ4n) is 4.22. The van der Waals surface area contributed by atoms with Gasteiger partial charge in [-0.25, -0.2) is 9.59 Å². The van der Waals surface area contributed by atoms with Crippen molar-refractivity contribution in [3.63, 3.8) is 0 Å². The Bertz CT molecular complexity index is 575. The van der Waals surface area contributed by atoms with Gasteiger partial charge in [0.25, 0.3) is 0 Å². The molecule has 1 unspecified atom stereocenters. The zero-order valence-corrected chi connectivity index (χ0v) is 18.2. The summed E-state index contributed by atoms with van der Waals surface area (Å²) in [6, 6.07) is -0.442. The molecule has 1 heterocycles. The number of alkyl carbamates (subject to hydrolysis) is 1. The number of urea groups is 1. The maximum atomic E-state index is 12.7. The zero-order valence-electron chi connectivity index (χ0n) is 18.2. The lowest BCUT2D eigenvalue weighted by molar-refractivity contribution is -0.129. The number of fused-ring (bicyclic) bond motifs is 1. The summed E-state index contributed by atoms with van der Waals surface area (Å²) in [6.45, 7) is 9.06. The minimum atomic E-state index is -0.539. The number of amides is 4. The summed E-state index contributed by atoms with van der Waals surface area (Å²) >= 11 is 0. The van der Waals surface area contributed by atoms with E-state index in [9.17, 15) is 14.4 Å². The van der Waals surface area contributed by atoms with Gasteiger partial charge >= 0.3 is 12.1 Å². The molecule has 0 aromatic carbocycles. The lowest BCUT2D eigenvalue weighted by Crippen LogP contribution is -2.47. The van der Waals surface area contributed by atoms with E-state index in [1.54, 1.807) is 0 Å². The molecule has 2 aliphatic rings. The molecule has 2 rings (SSSR count). The van der Waals surface area contributed by atoms with Gasteiger partial charge in [-0.3, -0.25) is 10.1 Å². The highest BCUT2D eigenvalue weighted by molar-refractivity contribution is 5.95. The molecule has 0 bridgehead atoms. The second kappa shape index (κ2) is 10.8. The van der Waals surface area contributed by atoms with Gasteiger partial charge in [-0.05, 0) is 64.7 Å². The predicted molar refractivity (Wildman–Crippen MR) is 109 cm³/mol. The van der Waals surface area contributed by atoms with Crippen LogP contribution in [-0.4, -0.2) is 49.4 Å². The van der Waals surface area contributed by atoms with Crippen molar-refractivity contribution in [3.05, 3.63) is 0 Å². The summed E-state index contributed by atoms with van der Waals surface area (Å²) in [5.74, 6) is -0.286. The highest BCUT2D eigenvalue weighted by Gasteiger charge is 2.40. The van der Waals surface area contributed by atoms with Gasteiger partial charge in [0, 0.05) is 19.2 Å². The lowest BCUT2D eigenvalue weighted by atomic mass is 9.69. The van der Waals surface area contributed by atoms with Gasteiger partial charge in [0.1, 0.15) is 5.60 Å². The summed E-state index contributed by atoms with van der Waals surface area (Å²) in [5, 5.41) is 8.18. The van der Waals surface area contributed by atoms with Gasteiger partial charge in [0.05, 0.1) is 12.5 Å². The smallest absolute Gasteiger partial charge is 0.407 e. The SMILES string of the molecule is CCCCOC[C@@H]1C(=O)NC(=O)NCC[C@@H]2CC(NC(=O)OC(C)(C)C)CC[C@H]21. The molecule has 0 aromatic rings. The predicted octanol–water partition coefficient (Wildman–Crippen LogP) is 2.96. The Morgan fingerprint density at radius 3 is 2.66 bits per heavy atom. The summed E-state index contributed by atoms with van der Waals surface area (Å²) in [4.78, 5) is 36.8. The molecule has 0 aromatic heterocycles. The molecule has 1 aliphatic heterocycles. The van der Waals surface area contributed by atoms with Crippen LogP contribution in [0.25, 0.3) is 0 Å². The first kappa shape index (κ1) is 23.4. The van der Waals surface area contributed by atoms with Crippen molar-refractivity contribution < 1.29 is 23.9 Å². The van der Waals surface area contributed by atoms with Crippen molar-refractivity contribution in [3.8, 4) is 0 Å². The van der Waals surface area contributed by atoms with E-state index >= 15 is 0 Å². The quantitative estimate of drug-likeness (QED) is 0.583. The molecule has 4 amide bonds. The first-order chi connectivity index (χ1) is 13.7. The van der Waals surface area contributed by atoms with Crippen molar-refractivity contribution in [1.82, 2.24) is 16.0 Å². The molecule has 1 aliphatic carbocycles. The number of carbonyl (C=O) groups excluding carboxylic acids is 3. The highest BCUT2D eigenvalue weighted by atomic mass is 16.6. The van der Waals surface area contributed by atoms with Crippen LogP contribution in [0.3, 0.4) is 0 Å². The summed E-state index contributed by atoms with van der Waals surface area (Å²) in [5.41, 5.74) is -0.539. The average Bonchev–Trinajstić information content (AvgIpc) is 2.65. The second-order valence-corrected chi connectivity index (χ2v) is 9.15. The van der Waals surface area contributed by atoms with Crippen LogP contribution < -0.4 is 16.0 Å². The number of hydrogen-bond acceptors (Lipinski definition) is 5. The summed E-state index contributed by atoms with van der Waals surface area (Å²) in [7, 11) is 0. The van der Waals surface area contributed by atoms with Gasteiger partial charge < -0.3 is 20.1 Å². The highest BCUT2D eigenvalue weighted by Crippen LogP contribution is 2.38. The first-order valence-corrected chi connectivity index (χ1v) is 10.9. The lowest BCUT2D eigenvalue weighted by Gasteiger charge is -2.39. The fraction of sp³-hybridized carbons (Fsp3) is 0.857. The maximum Gasteiger partial charge on any atom is 0.407 e. The van der Waals surface area contributed by atoms with Crippen molar-refractivity contribution in [2.75, 3.05) is 19.8 Å². The Labute approximate surface area is 173 Å². The minimum absolute atomic E-state index is 0.00674. The van der Waals surface area contributed by atoms with E-state index in [0.717, 1.165) is 38.5 Å². The van der Waals surface area contributed by atoms with E-state index in [2.05, 4.69) is 22.9 Å². The normalized spacial score (nSPS) is 28.1. The van der Waals surface area contributed by atoms with Gasteiger partial charge in [-0.1, -0.05) is 13.3 Å². The molecule has 0 spiro atoms. The Hall–Kier alpha value is -1.83. The number of carbonyl (C=O) groups is 3. The van der Waals surface area contributed by atoms with Gasteiger partial charge in [-0.15, -0.1) is 0 Å². The van der Waals surface area contributed by atoms with Crippen LogP contribution >= 0.6 is 0 Å². The number of ether oxygens (including phenoxy) is 2. The molecule has 4 atom stereocenters. The number of hydrogen-bond donors (Lipinski definition) is 3. The van der Waals surface area contributed by atoms with Crippen molar-refractivity contribution in [1.29, 1.82) is 0 Å². The van der Waals surface area contributed by atoms with E-state index in [1.807, 2.05) is 20.8 Å².